The molecule has 3 heteroatoms. The van der Waals surface area contributed by atoms with Crippen molar-refractivity contribution in [3.05, 3.63) is 101 Å². The Morgan fingerprint density at radius 3 is 1.58 bits per heavy atom. The van der Waals surface area contributed by atoms with Crippen molar-refractivity contribution in [3.8, 4) is 0 Å². The highest BCUT2D eigenvalue weighted by Gasteiger charge is 2.71. The van der Waals surface area contributed by atoms with Gasteiger partial charge in [-0.2, -0.15) is 4.57 Å². The van der Waals surface area contributed by atoms with E-state index in [0.29, 0.717) is 0 Å². The normalized spacial score (nSPS) is 25.8. The zero-order chi connectivity index (χ0) is 16.3. The molecule has 118 valence electrons. The second kappa shape index (κ2) is 4.73. The number of rotatable bonds is 1. The third kappa shape index (κ3) is 1.75. The molecule has 2 aliphatic carbocycles. The van der Waals surface area contributed by atoms with E-state index in [1.54, 1.807) is 0 Å². The lowest BCUT2D eigenvalue weighted by Gasteiger charge is -2.18. The first kappa shape index (κ1) is 13.8. The molecular formula is C21H16F2N+. The monoisotopic (exact) mass is 320 g/mol. The van der Waals surface area contributed by atoms with E-state index in [9.17, 15) is 8.78 Å². The fraction of sp³-hybridized carbons (Fsp3) is 0.190. The second-order valence-electron chi connectivity index (χ2n) is 6.61. The number of alkyl halides is 2. The lowest BCUT2D eigenvalue weighted by Crippen LogP contribution is -2.40. The molecule has 1 nitrogen and oxygen atoms in total. The van der Waals surface area contributed by atoms with Crippen LogP contribution in [0.5, 0.6) is 0 Å². The van der Waals surface area contributed by atoms with Gasteiger partial charge in [-0.05, 0) is 11.1 Å². The Morgan fingerprint density at radius 1 is 0.625 bits per heavy atom. The van der Waals surface area contributed by atoms with E-state index in [1.807, 2.05) is 79.1 Å². The minimum Gasteiger partial charge on any atom is -0.205 e. The summed E-state index contributed by atoms with van der Waals surface area (Å²) in [5.41, 5.74) is 3.52. The van der Waals surface area contributed by atoms with Crippen LogP contribution in [0.4, 0.5) is 8.78 Å². The average molecular weight is 320 g/mol. The molecule has 1 fully saturated rings. The number of pyridine rings is 1. The first-order valence-electron chi connectivity index (χ1n) is 8.21. The third-order valence-corrected chi connectivity index (χ3v) is 5.34. The summed E-state index contributed by atoms with van der Waals surface area (Å²) in [5, 5.41) is 0. The number of halogens is 2. The van der Waals surface area contributed by atoms with Crippen LogP contribution in [0.2, 0.25) is 0 Å². The SMILES string of the molecule is FC1(F)[C@@H]2c3ccccc3C([n+]3ccccc3)c3ccccc3[C@@H]21. The van der Waals surface area contributed by atoms with Crippen molar-refractivity contribution in [2.24, 2.45) is 0 Å². The van der Waals surface area contributed by atoms with Crippen LogP contribution in [0.1, 0.15) is 40.1 Å². The highest BCUT2D eigenvalue weighted by molar-refractivity contribution is 5.55. The van der Waals surface area contributed by atoms with Crippen LogP contribution in [-0.4, -0.2) is 5.92 Å². The van der Waals surface area contributed by atoms with Gasteiger partial charge >= 0.3 is 0 Å². The summed E-state index contributed by atoms with van der Waals surface area (Å²) in [5.74, 6) is -4.06. The highest BCUT2D eigenvalue weighted by Crippen LogP contribution is 2.69. The van der Waals surface area contributed by atoms with Gasteiger partial charge in [0.1, 0.15) is 0 Å². The lowest BCUT2D eigenvalue weighted by molar-refractivity contribution is -0.705. The van der Waals surface area contributed by atoms with E-state index in [2.05, 4.69) is 4.57 Å². The summed E-state index contributed by atoms with van der Waals surface area (Å²) in [6.45, 7) is 0. The smallest absolute Gasteiger partial charge is 0.205 e. The molecule has 1 aromatic heterocycles. The molecule has 0 aliphatic heterocycles. The number of nitrogens with zero attached hydrogens (tertiary/aromatic N) is 1. The van der Waals surface area contributed by atoms with Crippen molar-refractivity contribution < 1.29 is 13.3 Å². The van der Waals surface area contributed by atoms with Crippen LogP contribution in [0, 0.1) is 0 Å². The summed E-state index contributed by atoms with van der Waals surface area (Å²) in [6, 6.07) is 21.2. The Kier molecular flexibility index (Phi) is 2.73. The van der Waals surface area contributed by atoms with Crippen molar-refractivity contribution in [3.63, 3.8) is 0 Å². The van der Waals surface area contributed by atoms with Gasteiger partial charge in [0.05, 0.1) is 11.8 Å². The van der Waals surface area contributed by atoms with E-state index in [-0.39, 0.29) is 6.04 Å². The second-order valence-corrected chi connectivity index (χ2v) is 6.61. The molecule has 1 heterocycles. The van der Waals surface area contributed by atoms with Gasteiger partial charge in [0.25, 0.3) is 5.92 Å². The predicted molar refractivity (Wildman–Crippen MR) is 87.2 cm³/mol. The van der Waals surface area contributed by atoms with Crippen LogP contribution < -0.4 is 4.57 Å². The van der Waals surface area contributed by atoms with Gasteiger partial charge in [0, 0.05) is 23.3 Å². The molecule has 0 bridgehead atoms. The minimum atomic E-state index is -2.65. The van der Waals surface area contributed by atoms with Gasteiger partial charge in [-0.15, -0.1) is 0 Å². The molecular weight excluding hydrogens is 304 g/mol. The fourth-order valence-corrected chi connectivity index (χ4v) is 4.26. The first-order chi connectivity index (χ1) is 11.7. The van der Waals surface area contributed by atoms with Crippen molar-refractivity contribution in [1.29, 1.82) is 0 Å². The molecule has 3 aromatic rings. The van der Waals surface area contributed by atoms with Gasteiger partial charge < -0.3 is 0 Å². The third-order valence-electron chi connectivity index (χ3n) is 5.34. The van der Waals surface area contributed by atoms with Crippen LogP contribution in [0.3, 0.4) is 0 Å². The van der Waals surface area contributed by atoms with Crippen LogP contribution in [-0.2, 0) is 0 Å². The maximum absolute atomic E-state index is 14.6. The number of aromatic nitrogens is 1. The van der Waals surface area contributed by atoms with E-state index < -0.39 is 17.8 Å². The van der Waals surface area contributed by atoms with E-state index in [1.165, 1.54) is 0 Å². The topological polar surface area (TPSA) is 3.88 Å². The fourth-order valence-electron chi connectivity index (χ4n) is 4.26. The van der Waals surface area contributed by atoms with Crippen LogP contribution in [0.25, 0.3) is 0 Å². The van der Waals surface area contributed by atoms with Gasteiger partial charge in [-0.3, -0.25) is 0 Å². The van der Waals surface area contributed by atoms with Crippen LogP contribution >= 0.6 is 0 Å². The standard InChI is InChI=1S/C21H16F2N/c22-21(23)18-14-8-2-4-10-16(14)20(24-12-6-1-7-13-24)17-11-5-3-9-15(17)19(18)21/h1-13,18-20H/q+1/t18-,19+,20?. The average Bonchev–Trinajstić information content (AvgIpc) is 3.22. The van der Waals surface area contributed by atoms with Crippen molar-refractivity contribution in [2.45, 2.75) is 23.8 Å². The molecule has 0 amide bonds. The Balaban J connectivity index is 1.83. The molecule has 24 heavy (non-hydrogen) atoms. The Hall–Kier alpha value is -2.55. The Morgan fingerprint density at radius 2 is 1.08 bits per heavy atom. The molecule has 0 saturated heterocycles. The Bertz CT molecular complexity index is 864. The Labute approximate surface area is 139 Å². The van der Waals surface area contributed by atoms with Gasteiger partial charge in [-0.25, -0.2) is 8.78 Å². The maximum atomic E-state index is 14.6. The van der Waals surface area contributed by atoms with Crippen LogP contribution in [0.15, 0.2) is 79.1 Å². The molecule has 3 atom stereocenters. The zero-order valence-electron chi connectivity index (χ0n) is 12.9. The number of fused-ring (bicyclic) bond motifs is 5. The van der Waals surface area contributed by atoms with Gasteiger partial charge in [0.15, 0.2) is 12.4 Å². The number of hydrogen-bond acceptors (Lipinski definition) is 0. The summed E-state index contributed by atoms with van der Waals surface area (Å²) < 4.78 is 31.2. The summed E-state index contributed by atoms with van der Waals surface area (Å²) >= 11 is 0. The van der Waals surface area contributed by atoms with Gasteiger partial charge in [-0.1, -0.05) is 54.6 Å². The molecule has 1 unspecified atom stereocenters. The highest BCUT2D eigenvalue weighted by atomic mass is 19.3. The molecule has 2 aromatic carbocycles. The largest absolute Gasteiger partial charge is 0.263 e. The minimum absolute atomic E-state index is 0.0674. The molecule has 0 N–H and O–H groups in total. The zero-order valence-corrected chi connectivity index (χ0v) is 12.9. The molecule has 2 aliphatic rings. The summed E-state index contributed by atoms with van der Waals surface area (Å²) in [6.07, 6.45) is 4.01. The maximum Gasteiger partial charge on any atom is 0.263 e. The number of benzene rings is 2. The quantitative estimate of drug-likeness (QED) is 0.584. The van der Waals surface area contributed by atoms with E-state index >= 15 is 0 Å². The molecule has 0 spiro atoms. The molecule has 0 radical (unpaired) electrons. The van der Waals surface area contributed by atoms with E-state index in [4.69, 9.17) is 0 Å². The van der Waals surface area contributed by atoms with Gasteiger partial charge in [0.2, 0.25) is 6.04 Å². The molecule has 5 rings (SSSR count). The summed E-state index contributed by atoms with van der Waals surface area (Å²) in [7, 11) is 0. The van der Waals surface area contributed by atoms with Crippen molar-refractivity contribution in [2.75, 3.05) is 0 Å². The number of hydrogen-bond donors (Lipinski definition) is 0. The predicted octanol–water partition coefficient (Wildman–Crippen LogP) is 4.44. The van der Waals surface area contributed by atoms with Crippen molar-refractivity contribution in [1.82, 2.24) is 0 Å². The van der Waals surface area contributed by atoms with E-state index in [0.717, 1.165) is 22.3 Å². The van der Waals surface area contributed by atoms with Crippen molar-refractivity contribution >= 4 is 0 Å². The lowest BCUT2D eigenvalue weighted by atomic mass is 9.91. The summed E-state index contributed by atoms with van der Waals surface area (Å²) in [4.78, 5) is 0. The first-order valence-corrected chi connectivity index (χ1v) is 8.21. The molecule has 1 saturated carbocycles.